The van der Waals surface area contributed by atoms with Crippen molar-refractivity contribution in [2.45, 2.75) is 36.7 Å². The molecule has 3 nitrogen and oxygen atoms in total. The molecule has 6 heteroatoms. The summed E-state index contributed by atoms with van der Waals surface area (Å²) >= 11 is 11.0. The van der Waals surface area contributed by atoms with Crippen molar-refractivity contribution in [2.24, 2.45) is 0 Å². The number of hydrogen-bond acceptors (Lipinski definition) is 4. The van der Waals surface area contributed by atoms with Crippen LogP contribution in [0.2, 0.25) is 5.15 Å². The van der Waals surface area contributed by atoms with Gasteiger partial charge in [0, 0.05) is 22.2 Å². The summed E-state index contributed by atoms with van der Waals surface area (Å²) in [7, 11) is 0. The second-order valence-corrected chi connectivity index (χ2v) is 6.66. The maximum Gasteiger partial charge on any atom is 0.136 e. The molecule has 2 aromatic heterocycles. The molecule has 0 aromatic carbocycles. The van der Waals surface area contributed by atoms with E-state index < -0.39 is 0 Å². The van der Waals surface area contributed by atoms with Crippen molar-refractivity contribution in [3.63, 3.8) is 0 Å². The highest BCUT2D eigenvalue weighted by Gasteiger charge is 2.13. The van der Waals surface area contributed by atoms with Gasteiger partial charge in [0.1, 0.15) is 21.0 Å². The lowest BCUT2D eigenvalue weighted by Gasteiger charge is -2.10. The minimum absolute atomic E-state index is 0.246. The highest BCUT2D eigenvalue weighted by Crippen LogP contribution is 2.31. The molecule has 0 saturated heterocycles. The van der Waals surface area contributed by atoms with Crippen molar-refractivity contribution in [3.05, 3.63) is 39.3 Å². The molecule has 0 aliphatic heterocycles. The topological polar surface area (TPSA) is 38.7 Å². The molecule has 0 saturated carbocycles. The fourth-order valence-electron chi connectivity index (χ4n) is 1.36. The Morgan fingerprint density at radius 3 is 2.58 bits per heavy atom. The van der Waals surface area contributed by atoms with Crippen molar-refractivity contribution in [2.75, 3.05) is 0 Å². The fraction of sp³-hybridized carbons (Fsp3) is 0.308. The summed E-state index contributed by atoms with van der Waals surface area (Å²) in [5.41, 5.74) is 0.890. The first-order valence-corrected chi connectivity index (χ1v) is 7.79. The van der Waals surface area contributed by atoms with E-state index in [4.69, 9.17) is 11.6 Å². The van der Waals surface area contributed by atoms with Crippen LogP contribution in [-0.4, -0.2) is 15.0 Å². The average Bonchev–Trinajstić information content (AvgIpc) is 2.37. The Morgan fingerprint density at radius 1 is 1.26 bits per heavy atom. The zero-order chi connectivity index (χ0) is 14.0. The molecule has 0 N–H and O–H groups in total. The number of halogens is 2. The summed E-state index contributed by atoms with van der Waals surface area (Å²) < 4.78 is 0.956. The molecule has 19 heavy (non-hydrogen) atoms. The first-order valence-electron chi connectivity index (χ1n) is 5.81. The molecule has 0 spiro atoms. The highest BCUT2D eigenvalue weighted by atomic mass is 79.9. The lowest BCUT2D eigenvalue weighted by Crippen LogP contribution is -2.01. The third kappa shape index (κ3) is 3.68. The van der Waals surface area contributed by atoms with E-state index in [0.717, 1.165) is 25.9 Å². The van der Waals surface area contributed by atoms with Gasteiger partial charge in [-0.1, -0.05) is 25.4 Å². The standard InChI is InChI=1S/C13H13BrClN3S/c1-7(2)12-17-11(15)8(3)13(18-12)19-10-5-4-9(14)6-16-10/h4-7H,1-3H3. The maximum absolute atomic E-state index is 6.16. The second-order valence-electron chi connectivity index (χ2n) is 4.37. The molecule has 0 atom stereocenters. The quantitative estimate of drug-likeness (QED) is 0.734. The lowest BCUT2D eigenvalue weighted by atomic mass is 10.2. The van der Waals surface area contributed by atoms with E-state index in [0.29, 0.717) is 5.15 Å². The average molecular weight is 359 g/mol. The second kappa shape index (κ2) is 6.20. The van der Waals surface area contributed by atoms with Crippen molar-refractivity contribution in [3.8, 4) is 0 Å². The molecule has 2 rings (SSSR count). The van der Waals surface area contributed by atoms with E-state index in [1.165, 1.54) is 11.8 Å². The van der Waals surface area contributed by atoms with Gasteiger partial charge in [-0.05, 0) is 46.7 Å². The number of rotatable bonds is 3. The Hall–Kier alpha value is -0.650. The van der Waals surface area contributed by atoms with Crippen LogP contribution in [0.4, 0.5) is 0 Å². The molecule has 2 heterocycles. The van der Waals surface area contributed by atoms with Gasteiger partial charge in [0.05, 0.1) is 0 Å². The van der Waals surface area contributed by atoms with Gasteiger partial charge in [0.2, 0.25) is 0 Å². The minimum atomic E-state index is 0.246. The largest absolute Gasteiger partial charge is 0.248 e. The summed E-state index contributed by atoms with van der Waals surface area (Å²) in [4.78, 5) is 13.2. The van der Waals surface area contributed by atoms with Crippen LogP contribution in [0.25, 0.3) is 0 Å². The van der Waals surface area contributed by atoms with Gasteiger partial charge >= 0.3 is 0 Å². The zero-order valence-electron chi connectivity index (χ0n) is 10.8. The molecule has 0 amide bonds. The zero-order valence-corrected chi connectivity index (χ0v) is 14.0. The van der Waals surface area contributed by atoms with Gasteiger partial charge in [-0.3, -0.25) is 0 Å². The van der Waals surface area contributed by atoms with Crippen LogP contribution in [0.3, 0.4) is 0 Å². The summed E-state index contributed by atoms with van der Waals surface area (Å²) in [6, 6.07) is 3.90. The summed E-state index contributed by atoms with van der Waals surface area (Å²) in [5, 5.41) is 2.26. The highest BCUT2D eigenvalue weighted by molar-refractivity contribution is 9.10. The molecule has 100 valence electrons. The summed E-state index contributed by atoms with van der Waals surface area (Å²) in [5.74, 6) is 1.01. The monoisotopic (exact) mass is 357 g/mol. The van der Waals surface area contributed by atoms with Crippen LogP contribution in [0, 0.1) is 6.92 Å². The Bertz CT molecular complexity index is 587. The molecule has 2 aromatic rings. The van der Waals surface area contributed by atoms with Gasteiger partial charge in [-0.15, -0.1) is 0 Å². The smallest absolute Gasteiger partial charge is 0.136 e. The third-order valence-electron chi connectivity index (χ3n) is 2.48. The third-order valence-corrected chi connectivity index (χ3v) is 4.36. The van der Waals surface area contributed by atoms with Crippen molar-refractivity contribution >= 4 is 39.3 Å². The van der Waals surface area contributed by atoms with Crippen LogP contribution >= 0.6 is 39.3 Å². The van der Waals surface area contributed by atoms with Crippen LogP contribution in [0.5, 0.6) is 0 Å². The Kier molecular flexibility index (Phi) is 4.81. The number of aromatic nitrogens is 3. The molecule has 0 unspecified atom stereocenters. The predicted octanol–water partition coefficient (Wildman–Crippen LogP) is 4.87. The number of hydrogen-bond donors (Lipinski definition) is 0. The molecular formula is C13H13BrClN3S. The van der Waals surface area contributed by atoms with Gasteiger partial charge in [0.15, 0.2) is 0 Å². The van der Waals surface area contributed by atoms with E-state index in [-0.39, 0.29) is 5.92 Å². The Balaban J connectivity index is 2.36. The Morgan fingerprint density at radius 2 is 2.00 bits per heavy atom. The summed E-state index contributed by atoms with van der Waals surface area (Å²) in [6.07, 6.45) is 1.77. The van der Waals surface area contributed by atoms with Crippen LogP contribution in [0.1, 0.15) is 31.2 Å². The van der Waals surface area contributed by atoms with Crippen LogP contribution in [-0.2, 0) is 0 Å². The first-order chi connectivity index (χ1) is 8.97. The number of pyridine rings is 1. The normalized spacial score (nSPS) is 11.1. The van der Waals surface area contributed by atoms with Crippen molar-refractivity contribution < 1.29 is 0 Å². The molecule has 0 aliphatic carbocycles. The van der Waals surface area contributed by atoms with Crippen LogP contribution in [0.15, 0.2) is 32.9 Å². The van der Waals surface area contributed by atoms with Gasteiger partial charge in [0.25, 0.3) is 0 Å². The molecule has 0 radical (unpaired) electrons. The van der Waals surface area contributed by atoms with E-state index >= 15 is 0 Å². The SMILES string of the molecule is Cc1c(Cl)nc(C(C)C)nc1Sc1ccc(Br)cn1. The van der Waals surface area contributed by atoms with Gasteiger partial charge < -0.3 is 0 Å². The van der Waals surface area contributed by atoms with Crippen molar-refractivity contribution in [1.29, 1.82) is 0 Å². The Labute approximate surface area is 130 Å². The number of nitrogens with zero attached hydrogens (tertiary/aromatic N) is 3. The molecule has 0 bridgehead atoms. The first kappa shape index (κ1) is 14.8. The summed E-state index contributed by atoms with van der Waals surface area (Å²) in [6.45, 7) is 6.02. The van der Waals surface area contributed by atoms with E-state index in [9.17, 15) is 0 Å². The molecule has 0 aliphatic rings. The van der Waals surface area contributed by atoms with E-state index in [1.807, 2.05) is 32.9 Å². The molecular weight excluding hydrogens is 346 g/mol. The predicted molar refractivity (Wildman–Crippen MR) is 81.9 cm³/mol. The lowest BCUT2D eigenvalue weighted by molar-refractivity contribution is 0.747. The van der Waals surface area contributed by atoms with Gasteiger partial charge in [-0.25, -0.2) is 15.0 Å². The fourth-order valence-corrected chi connectivity index (χ4v) is 2.66. The van der Waals surface area contributed by atoms with E-state index in [2.05, 4.69) is 30.9 Å². The molecule has 0 fully saturated rings. The maximum atomic E-state index is 6.16. The minimum Gasteiger partial charge on any atom is -0.248 e. The van der Waals surface area contributed by atoms with E-state index in [1.54, 1.807) is 6.20 Å². The van der Waals surface area contributed by atoms with Crippen molar-refractivity contribution in [1.82, 2.24) is 15.0 Å². The van der Waals surface area contributed by atoms with Gasteiger partial charge in [-0.2, -0.15) is 0 Å². The van der Waals surface area contributed by atoms with Crippen LogP contribution < -0.4 is 0 Å².